The molecule has 0 saturated heterocycles. The summed E-state index contributed by atoms with van der Waals surface area (Å²) in [5.74, 6) is 0. The minimum Gasteiger partial charge on any atom is -0.280 e. The number of nitrogens with one attached hydrogen (secondary N) is 1. The van der Waals surface area contributed by atoms with Crippen molar-refractivity contribution in [1.29, 1.82) is 0 Å². The van der Waals surface area contributed by atoms with Gasteiger partial charge in [0.2, 0.25) is 0 Å². The molecule has 0 radical (unpaired) electrons. The highest BCUT2D eigenvalue weighted by atomic mass is 35.5. The molecule has 0 atom stereocenters. The Hall–Kier alpha value is -2.30. The van der Waals surface area contributed by atoms with Gasteiger partial charge in [-0.25, -0.2) is 8.42 Å². The molecule has 3 nitrogen and oxygen atoms in total. The predicted molar refractivity (Wildman–Crippen MR) is 98.0 cm³/mol. The van der Waals surface area contributed by atoms with Crippen LogP contribution in [0.2, 0.25) is 5.02 Å². The molecule has 1 N–H and O–H groups in total. The van der Waals surface area contributed by atoms with Gasteiger partial charge in [0, 0.05) is 10.7 Å². The third kappa shape index (κ3) is 4.16. The Morgan fingerprint density at radius 2 is 1.33 bits per heavy atom. The van der Waals surface area contributed by atoms with E-state index in [1.807, 2.05) is 30.3 Å². The van der Waals surface area contributed by atoms with Crippen molar-refractivity contribution >= 4 is 27.3 Å². The van der Waals surface area contributed by atoms with Gasteiger partial charge in [-0.3, -0.25) is 4.72 Å². The lowest BCUT2D eigenvalue weighted by Crippen LogP contribution is -2.12. The molecule has 0 aliphatic carbocycles. The number of benzene rings is 3. The van der Waals surface area contributed by atoms with Crippen molar-refractivity contribution in [3.63, 3.8) is 0 Å². The van der Waals surface area contributed by atoms with E-state index in [1.54, 1.807) is 24.3 Å². The van der Waals surface area contributed by atoms with E-state index in [9.17, 15) is 8.42 Å². The number of anilines is 1. The maximum Gasteiger partial charge on any atom is 0.261 e. The maximum atomic E-state index is 12.3. The molecule has 0 heterocycles. The van der Waals surface area contributed by atoms with Gasteiger partial charge in [-0.1, -0.05) is 54.1 Å². The van der Waals surface area contributed by atoms with Crippen molar-refractivity contribution in [2.75, 3.05) is 4.72 Å². The third-order valence-corrected chi connectivity index (χ3v) is 5.23. The fourth-order valence-electron chi connectivity index (χ4n) is 2.35. The fraction of sp³-hybridized carbons (Fsp3) is 0.0526. The van der Waals surface area contributed by atoms with E-state index in [0.29, 0.717) is 10.7 Å². The summed E-state index contributed by atoms with van der Waals surface area (Å²) in [7, 11) is -3.61. The molecule has 3 rings (SSSR count). The van der Waals surface area contributed by atoms with Gasteiger partial charge in [0.05, 0.1) is 4.90 Å². The Labute approximate surface area is 147 Å². The number of halogens is 1. The molecular formula is C19H16ClNO2S. The van der Waals surface area contributed by atoms with Crippen molar-refractivity contribution in [2.24, 2.45) is 0 Å². The standard InChI is InChI=1S/C19H16ClNO2S/c20-17-8-12-19(13-9-17)24(22,23)21-18-10-6-16(7-11-18)14-15-4-2-1-3-5-15/h1-13,21H,14H2. The van der Waals surface area contributed by atoms with Gasteiger partial charge in [-0.05, 0) is 53.9 Å². The summed E-state index contributed by atoms with van der Waals surface area (Å²) >= 11 is 5.79. The summed E-state index contributed by atoms with van der Waals surface area (Å²) in [5, 5.41) is 0.499. The van der Waals surface area contributed by atoms with Crippen LogP contribution in [0.5, 0.6) is 0 Å². The van der Waals surface area contributed by atoms with Gasteiger partial charge in [-0.15, -0.1) is 0 Å². The lowest BCUT2D eigenvalue weighted by atomic mass is 10.1. The van der Waals surface area contributed by atoms with Gasteiger partial charge in [0.15, 0.2) is 0 Å². The number of hydrogen-bond donors (Lipinski definition) is 1. The molecular weight excluding hydrogens is 342 g/mol. The van der Waals surface area contributed by atoms with Crippen molar-refractivity contribution in [2.45, 2.75) is 11.3 Å². The van der Waals surface area contributed by atoms with Gasteiger partial charge in [-0.2, -0.15) is 0 Å². The summed E-state index contributed by atoms with van der Waals surface area (Å²) in [6, 6.07) is 23.6. The highest BCUT2D eigenvalue weighted by Gasteiger charge is 2.13. The second-order valence-corrected chi connectivity index (χ2v) is 7.54. The second-order valence-electron chi connectivity index (χ2n) is 5.42. The normalized spacial score (nSPS) is 11.2. The lowest BCUT2D eigenvalue weighted by Gasteiger charge is -2.09. The van der Waals surface area contributed by atoms with Gasteiger partial charge >= 0.3 is 0 Å². The molecule has 3 aromatic carbocycles. The number of sulfonamides is 1. The minimum absolute atomic E-state index is 0.181. The van der Waals surface area contributed by atoms with Crippen molar-refractivity contribution in [3.8, 4) is 0 Å². The summed E-state index contributed by atoms with van der Waals surface area (Å²) in [4.78, 5) is 0.181. The number of rotatable bonds is 5. The zero-order valence-electron chi connectivity index (χ0n) is 12.8. The van der Waals surface area contributed by atoms with E-state index < -0.39 is 10.0 Å². The molecule has 0 aliphatic rings. The van der Waals surface area contributed by atoms with Crippen LogP contribution in [0.4, 0.5) is 5.69 Å². The van der Waals surface area contributed by atoms with E-state index in [4.69, 9.17) is 11.6 Å². The topological polar surface area (TPSA) is 46.2 Å². The Kier molecular flexibility index (Phi) is 4.88. The van der Waals surface area contributed by atoms with Crippen LogP contribution >= 0.6 is 11.6 Å². The maximum absolute atomic E-state index is 12.3. The van der Waals surface area contributed by atoms with Gasteiger partial charge in [0.25, 0.3) is 10.0 Å². The van der Waals surface area contributed by atoms with Crippen molar-refractivity contribution in [3.05, 3.63) is 95.0 Å². The van der Waals surface area contributed by atoms with E-state index >= 15 is 0 Å². The highest BCUT2D eigenvalue weighted by Crippen LogP contribution is 2.19. The molecule has 0 unspecified atom stereocenters. The lowest BCUT2D eigenvalue weighted by molar-refractivity contribution is 0.601. The molecule has 0 amide bonds. The van der Waals surface area contributed by atoms with E-state index in [1.165, 1.54) is 17.7 Å². The van der Waals surface area contributed by atoms with Crippen LogP contribution in [0.1, 0.15) is 11.1 Å². The molecule has 3 aromatic rings. The fourth-order valence-corrected chi connectivity index (χ4v) is 3.53. The molecule has 0 aliphatic heterocycles. The molecule has 24 heavy (non-hydrogen) atoms. The van der Waals surface area contributed by atoms with Gasteiger partial charge in [0.1, 0.15) is 0 Å². The van der Waals surface area contributed by atoms with E-state index in [-0.39, 0.29) is 4.90 Å². The molecule has 0 fully saturated rings. The van der Waals surface area contributed by atoms with Crippen LogP contribution in [0.15, 0.2) is 83.8 Å². The largest absolute Gasteiger partial charge is 0.280 e. The van der Waals surface area contributed by atoms with Crippen molar-refractivity contribution < 1.29 is 8.42 Å². The van der Waals surface area contributed by atoms with Crippen LogP contribution in [0.3, 0.4) is 0 Å². The summed E-state index contributed by atoms with van der Waals surface area (Å²) < 4.78 is 27.2. The molecule has 122 valence electrons. The molecule has 0 bridgehead atoms. The first kappa shape index (κ1) is 16.6. The van der Waals surface area contributed by atoms with Crippen LogP contribution in [0, 0.1) is 0 Å². The van der Waals surface area contributed by atoms with E-state index in [2.05, 4.69) is 16.9 Å². The molecule has 0 spiro atoms. The first-order chi connectivity index (χ1) is 11.5. The monoisotopic (exact) mass is 357 g/mol. The first-order valence-electron chi connectivity index (χ1n) is 7.44. The Balaban J connectivity index is 1.73. The quantitative estimate of drug-likeness (QED) is 0.717. The minimum atomic E-state index is -3.61. The average Bonchev–Trinajstić information content (AvgIpc) is 2.58. The van der Waals surface area contributed by atoms with Gasteiger partial charge < -0.3 is 0 Å². The zero-order valence-corrected chi connectivity index (χ0v) is 14.4. The molecule has 0 saturated carbocycles. The van der Waals surface area contributed by atoms with Crippen LogP contribution in [-0.4, -0.2) is 8.42 Å². The predicted octanol–water partition coefficient (Wildman–Crippen LogP) is 4.73. The summed E-state index contributed by atoms with van der Waals surface area (Å²) in [6.45, 7) is 0. The van der Waals surface area contributed by atoms with Crippen molar-refractivity contribution in [1.82, 2.24) is 0 Å². The second kappa shape index (κ2) is 7.07. The van der Waals surface area contributed by atoms with Crippen LogP contribution in [-0.2, 0) is 16.4 Å². The highest BCUT2D eigenvalue weighted by molar-refractivity contribution is 7.92. The average molecular weight is 358 g/mol. The molecule has 0 aromatic heterocycles. The Bertz CT molecular complexity index is 906. The summed E-state index contributed by atoms with van der Waals surface area (Å²) in [6.07, 6.45) is 0.811. The summed E-state index contributed by atoms with van der Waals surface area (Å²) in [5.41, 5.74) is 2.87. The zero-order chi connectivity index (χ0) is 17.0. The van der Waals surface area contributed by atoms with E-state index in [0.717, 1.165) is 12.0 Å². The van der Waals surface area contributed by atoms with Crippen LogP contribution < -0.4 is 4.72 Å². The number of hydrogen-bond acceptors (Lipinski definition) is 2. The Morgan fingerprint density at radius 1 is 0.750 bits per heavy atom. The van der Waals surface area contributed by atoms with Crippen LogP contribution in [0.25, 0.3) is 0 Å². The third-order valence-electron chi connectivity index (χ3n) is 3.58. The first-order valence-corrected chi connectivity index (χ1v) is 9.30. The Morgan fingerprint density at radius 3 is 1.96 bits per heavy atom. The smallest absolute Gasteiger partial charge is 0.261 e. The SMILES string of the molecule is O=S(=O)(Nc1ccc(Cc2ccccc2)cc1)c1ccc(Cl)cc1. The molecule has 5 heteroatoms.